The van der Waals surface area contributed by atoms with Gasteiger partial charge in [0, 0.05) is 58.1 Å². The van der Waals surface area contributed by atoms with Gasteiger partial charge < -0.3 is 4.90 Å². The van der Waals surface area contributed by atoms with Crippen LogP contribution in [0.3, 0.4) is 0 Å². The minimum atomic E-state index is -4.01. The molecule has 1 saturated heterocycles. The first-order valence-electron chi connectivity index (χ1n) is 9.19. The molecule has 0 aliphatic carbocycles. The van der Waals surface area contributed by atoms with E-state index in [1.165, 1.54) is 0 Å². The highest BCUT2D eigenvalue weighted by Gasteiger charge is 2.22. The zero-order valence-corrected chi connectivity index (χ0v) is 16.5. The van der Waals surface area contributed by atoms with Crippen LogP contribution in [-0.2, 0) is 21.4 Å². The van der Waals surface area contributed by atoms with Crippen molar-refractivity contribution in [2.24, 2.45) is 0 Å². The number of amides is 1. The summed E-state index contributed by atoms with van der Waals surface area (Å²) in [5, 5.41) is 0. The van der Waals surface area contributed by atoms with Crippen LogP contribution in [0.25, 0.3) is 0 Å². The molecule has 2 aromatic rings. The number of nitrogens with one attached hydrogen (secondary N) is 1. The van der Waals surface area contributed by atoms with Crippen molar-refractivity contribution in [2.75, 3.05) is 32.7 Å². The Bertz CT molecular complexity index is 949. The Hall–Kier alpha value is -2.43. The SMILES string of the molecule is O=C(CCNS(=O)(=O)c1ccc(F)c(F)c1)N1CCN(Cc2cccnc2)CC1. The van der Waals surface area contributed by atoms with Crippen LogP contribution in [0, 0.1) is 11.6 Å². The van der Waals surface area contributed by atoms with Crippen molar-refractivity contribution < 1.29 is 22.0 Å². The van der Waals surface area contributed by atoms with Gasteiger partial charge in [-0.05, 0) is 29.8 Å². The van der Waals surface area contributed by atoms with Crippen molar-refractivity contribution in [3.63, 3.8) is 0 Å². The molecule has 10 heteroatoms. The number of hydrogen-bond donors (Lipinski definition) is 1. The Kier molecular flexibility index (Phi) is 6.88. The van der Waals surface area contributed by atoms with Gasteiger partial charge in [-0.25, -0.2) is 21.9 Å². The number of aromatic nitrogens is 1. The highest BCUT2D eigenvalue weighted by molar-refractivity contribution is 7.89. The van der Waals surface area contributed by atoms with E-state index in [0.717, 1.165) is 37.3 Å². The second-order valence-electron chi connectivity index (χ2n) is 6.74. The van der Waals surface area contributed by atoms with Gasteiger partial charge in [-0.3, -0.25) is 14.7 Å². The number of carbonyl (C=O) groups is 1. The van der Waals surface area contributed by atoms with Crippen molar-refractivity contribution in [2.45, 2.75) is 17.9 Å². The second-order valence-corrected chi connectivity index (χ2v) is 8.51. The molecule has 3 rings (SSSR count). The first-order valence-corrected chi connectivity index (χ1v) is 10.7. The Morgan fingerprint density at radius 3 is 2.52 bits per heavy atom. The van der Waals surface area contributed by atoms with Crippen LogP contribution < -0.4 is 4.72 Å². The van der Waals surface area contributed by atoms with Gasteiger partial charge in [0.15, 0.2) is 11.6 Å². The van der Waals surface area contributed by atoms with Crippen molar-refractivity contribution in [1.29, 1.82) is 0 Å². The number of nitrogens with zero attached hydrogens (tertiary/aromatic N) is 3. The van der Waals surface area contributed by atoms with E-state index >= 15 is 0 Å². The zero-order valence-electron chi connectivity index (χ0n) is 15.7. The summed E-state index contributed by atoms with van der Waals surface area (Å²) < 4.78 is 52.7. The van der Waals surface area contributed by atoms with E-state index in [2.05, 4.69) is 14.6 Å². The van der Waals surface area contributed by atoms with E-state index < -0.39 is 21.7 Å². The van der Waals surface area contributed by atoms with Crippen LogP contribution in [-0.4, -0.2) is 61.8 Å². The van der Waals surface area contributed by atoms with E-state index in [4.69, 9.17) is 0 Å². The van der Waals surface area contributed by atoms with E-state index in [1.54, 1.807) is 11.1 Å². The lowest BCUT2D eigenvalue weighted by atomic mass is 10.2. The largest absolute Gasteiger partial charge is 0.340 e. The first-order chi connectivity index (χ1) is 13.8. The topological polar surface area (TPSA) is 82.6 Å². The van der Waals surface area contributed by atoms with Crippen LogP contribution >= 0.6 is 0 Å². The number of piperazine rings is 1. The molecule has 0 saturated carbocycles. The van der Waals surface area contributed by atoms with Crippen molar-refractivity contribution in [3.05, 3.63) is 59.9 Å². The van der Waals surface area contributed by atoms with Crippen LogP contribution in [0.15, 0.2) is 47.6 Å². The van der Waals surface area contributed by atoms with Crippen molar-refractivity contribution in [3.8, 4) is 0 Å². The van der Waals surface area contributed by atoms with Gasteiger partial charge in [0.05, 0.1) is 4.90 Å². The molecule has 1 aromatic heterocycles. The lowest BCUT2D eigenvalue weighted by Crippen LogP contribution is -2.48. The van der Waals surface area contributed by atoms with E-state index in [1.807, 2.05) is 18.3 Å². The third-order valence-electron chi connectivity index (χ3n) is 4.69. The number of rotatable bonds is 7. The van der Waals surface area contributed by atoms with Gasteiger partial charge in [0.2, 0.25) is 15.9 Å². The Labute approximate surface area is 168 Å². The Morgan fingerprint density at radius 1 is 1.10 bits per heavy atom. The second kappa shape index (κ2) is 9.38. The van der Waals surface area contributed by atoms with Crippen molar-refractivity contribution >= 4 is 15.9 Å². The minimum Gasteiger partial charge on any atom is -0.340 e. The summed E-state index contributed by atoms with van der Waals surface area (Å²) in [7, 11) is -4.01. The molecule has 1 fully saturated rings. The van der Waals surface area contributed by atoms with Gasteiger partial charge in [0.25, 0.3) is 0 Å². The molecule has 1 amide bonds. The standard InChI is InChI=1S/C19H22F2N4O3S/c20-17-4-3-16(12-18(17)21)29(27,28)23-7-5-19(26)25-10-8-24(9-11-25)14-15-2-1-6-22-13-15/h1-4,6,12-13,23H,5,7-11,14H2. The first kappa shape index (κ1) is 21.3. The molecule has 0 radical (unpaired) electrons. The monoisotopic (exact) mass is 424 g/mol. The number of sulfonamides is 1. The molecule has 1 aliphatic rings. The summed E-state index contributed by atoms with van der Waals surface area (Å²) >= 11 is 0. The third kappa shape index (κ3) is 5.78. The lowest BCUT2D eigenvalue weighted by molar-refractivity contribution is -0.132. The fraction of sp³-hybridized carbons (Fsp3) is 0.368. The number of halogens is 2. The van der Waals surface area contributed by atoms with Gasteiger partial charge in [-0.15, -0.1) is 0 Å². The smallest absolute Gasteiger partial charge is 0.240 e. The molecular weight excluding hydrogens is 402 g/mol. The minimum absolute atomic E-state index is 0.00842. The molecule has 0 spiro atoms. The molecule has 1 N–H and O–H groups in total. The lowest BCUT2D eigenvalue weighted by Gasteiger charge is -2.34. The summed E-state index contributed by atoms with van der Waals surface area (Å²) in [6.07, 6.45) is 3.53. The third-order valence-corrected chi connectivity index (χ3v) is 6.14. The zero-order chi connectivity index (χ0) is 20.9. The number of pyridine rings is 1. The maximum absolute atomic E-state index is 13.2. The predicted octanol–water partition coefficient (Wildman–Crippen LogP) is 1.37. The number of hydrogen-bond acceptors (Lipinski definition) is 5. The molecule has 156 valence electrons. The molecule has 0 unspecified atom stereocenters. The normalized spacial score (nSPS) is 15.4. The van der Waals surface area contributed by atoms with Crippen LogP contribution in [0.1, 0.15) is 12.0 Å². The summed E-state index contributed by atoms with van der Waals surface area (Å²) in [4.78, 5) is 20.0. The van der Waals surface area contributed by atoms with Gasteiger partial charge in [-0.1, -0.05) is 6.07 Å². The Balaban J connectivity index is 1.43. The molecule has 1 aliphatic heterocycles. The molecular formula is C19H22F2N4O3S. The quantitative estimate of drug-likeness (QED) is 0.726. The number of benzene rings is 1. The van der Waals surface area contributed by atoms with Crippen LogP contribution in [0.5, 0.6) is 0 Å². The summed E-state index contributed by atoms with van der Waals surface area (Å²) in [5.74, 6) is -2.52. The summed E-state index contributed by atoms with van der Waals surface area (Å²) in [5.41, 5.74) is 1.11. The predicted molar refractivity (Wildman–Crippen MR) is 102 cm³/mol. The molecule has 1 aromatic carbocycles. The highest BCUT2D eigenvalue weighted by Crippen LogP contribution is 2.14. The Morgan fingerprint density at radius 2 is 1.86 bits per heavy atom. The number of carbonyl (C=O) groups excluding carboxylic acids is 1. The summed E-state index contributed by atoms with van der Waals surface area (Å²) in [6.45, 7) is 3.23. The average Bonchev–Trinajstić information content (AvgIpc) is 2.71. The van der Waals surface area contributed by atoms with E-state index in [9.17, 15) is 22.0 Å². The maximum atomic E-state index is 13.2. The summed E-state index contributed by atoms with van der Waals surface area (Å²) in [6, 6.07) is 6.23. The highest BCUT2D eigenvalue weighted by atomic mass is 32.2. The van der Waals surface area contributed by atoms with Crippen molar-refractivity contribution in [1.82, 2.24) is 19.5 Å². The van der Waals surface area contributed by atoms with Gasteiger partial charge >= 0.3 is 0 Å². The van der Waals surface area contributed by atoms with E-state index in [-0.39, 0.29) is 23.8 Å². The maximum Gasteiger partial charge on any atom is 0.240 e. The molecule has 0 atom stereocenters. The molecule has 2 heterocycles. The molecule has 29 heavy (non-hydrogen) atoms. The molecule has 7 nitrogen and oxygen atoms in total. The molecule has 0 bridgehead atoms. The fourth-order valence-corrected chi connectivity index (χ4v) is 4.13. The van der Waals surface area contributed by atoms with Crippen LogP contribution in [0.4, 0.5) is 8.78 Å². The van der Waals surface area contributed by atoms with Gasteiger partial charge in [0.1, 0.15) is 0 Å². The fourth-order valence-electron chi connectivity index (χ4n) is 3.08. The van der Waals surface area contributed by atoms with Crippen LogP contribution in [0.2, 0.25) is 0 Å². The average molecular weight is 424 g/mol. The van der Waals surface area contributed by atoms with Gasteiger partial charge in [-0.2, -0.15) is 0 Å². The van der Waals surface area contributed by atoms with E-state index in [0.29, 0.717) is 19.2 Å².